The molecule has 8 nitrogen and oxygen atoms in total. The maximum absolute atomic E-state index is 12.5. The molecule has 0 radical (unpaired) electrons. The van der Waals surface area contributed by atoms with E-state index < -0.39 is 30.0 Å². The van der Waals surface area contributed by atoms with E-state index in [1.54, 1.807) is 0 Å². The number of carbonyl (C=O) groups is 4. The number of nitrogens with zero attached hydrogens (tertiary/aromatic N) is 1. The summed E-state index contributed by atoms with van der Waals surface area (Å²) in [6.45, 7) is 2.78. The van der Waals surface area contributed by atoms with Crippen molar-refractivity contribution in [2.75, 3.05) is 13.2 Å². The van der Waals surface area contributed by atoms with Gasteiger partial charge in [-0.2, -0.15) is 0 Å². The average molecular weight is 405 g/mol. The minimum absolute atomic E-state index is 0.134. The minimum atomic E-state index is -0.951. The lowest BCUT2D eigenvalue weighted by Crippen LogP contribution is -2.60. The monoisotopic (exact) mass is 405 g/mol. The highest BCUT2D eigenvalue weighted by Gasteiger charge is 2.52. The Morgan fingerprint density at radius 3 is 2.10 bits per heavy atom. The second-order valence-corrected chi connectivity index (χ2v) is 9.52. The Morgan fingerprint density at radius 1 is 1.07 bits per heavy atom. The van der Waals surface area contributed by atoms with Crippen molar-refractivity contribution in [1.29, 1.82) is 0 Å². The van der Waals surface area contributed by atoms with Gasteiger partial charge in [0.15, 0.2) is 6.61 Å². The first-order chi connectivity index (χ1) is 13.8. The molecule has 160 valence electrons. The second kappa shape index (κ2) is 7.29. The normalized spacial score (nSPS) is 34.3. The Labute approximate surface area is 171 Å². The van der Waals surface area contributed by atoms with E-state index in [-0.39, 0.29) is 18.1 Å². The number of ether oxygens (including phenoxy) is 1. The third-order valence-electron chi connectivity index (χ3n) is 7.55. The molecule has 0 aromatic heterocycles. The Morgan fingerprint density at radius 2 is 1.62 bits per heavy atom. The highest BCUT2D eigenvalue weighted by atomic mass is 16.5. The van der Waals surface area contributed by atoms with Gasteiger partial charge in [-0.05, 0) is 69.1 Å². The maximum atomic E-state index is 12.5. The molecule has 5 fully saturated rings. The molecule has 8 heteroatoms. The summed E-state index contributed by atoms with van der Waals surface area (Å²) in [6.07, 6.45) is 7.83. The van der Waals surface area contributed by atoms with Crippen molar-refractivity contribution in [1.82, 2.24) is 15.5 Å². The van der Waals surface area contributed by atoms with E-state index in [4.69, 9.17) is 4.74 Å². The topological polar surface area (TPSA) is 105 Å². The number of hydrogen-bond donors (Lipinski definition) is 2. The number of rotatable bonds is 7. The van der Waals surface area contributed by atoms with Crippen LogP contribution in [-0.4, -0.2) is 52.9 Å². The second-order valence-electron chi connectivity index (χ2n) is 9.52. The van der Waals surface area contributed by atoms with E-state index in [0.29, 0.717) is 30.6 Å². The zero-order valence-electron chi connectivity index (χ0n) is 17.3. The van der Waals surface area contributed by atoms with E-state index in [0.717, 1.165) is 24.2 Å². The molecule has 0 aromatic rings. The van der Waals surface area contributed by atoms with Crippen LogP contribution in [0.4, 0.5) is 4.79 Å². The average Bonchev–Trinajstić information content (AvgIpc) is 2.89. The molecule has 0 aromatic carbocycles. The van der Waals surface area contributed by atoms with Crippen molar-refractivity contribution in [2.24, 2.45) is 17.8 Å². The molecular formula is C21H31N3O5. The van der Waals surface area contributed by atoms with Gasteiger partial charge in [0.2, 0.25) is 0 Å². The quantitative estimate of drug-likeness (QED) is 0.496. The highest BCUT2D eigenvalue weighted by molar-refractivity contribution is 6.08. The largest absolute Gasteiger partial charge is 0.454 e. The fourth-order valence-electron chi connectivity index (χ4n) is 6.47. The van der Waals surface area contributed by atoms with Gasteiger partial charge in [-0.1, -0.05) is 13.8 Å². The Bertz CT molecular complexity index is 695. The molecule has 1 aliphatic heterocycles. The van der Waals surface area contributed by atoms with Crippen LogP contribution < -0.4 is 10.6 Å². The van der Waals surface area contributed by atoms with E-state index in [1.165, 1.54) is 19.3 Å². The summed E-state index contributed by atoms with van der Waals surface area (Å²) < 4.78 is 5.09. The van der Waals surface area contributed by atoms with Gasteiger partial charge in [-0.3, -0.25) is 19.3 Å². The van der Waals surface area contributed by atoms with Crippen molar-refractivity contribution >= 4 is 23.8 Å². The minimum Gasteiger partial charge on any atom is -0.454 e. The summed E-state index contributed by atoms with van der Waals surface area (Å²) in [5, 5.41) is 5.82. The first kappa shape index (κ1) is 20.2. The van der Waals surface area contributed by atoms with E-state index in [9.17, 15) is 19.2 Å². The molecule has 5 aliphatic rings. The third kappa shape index (κ3) is 3.62. The summed E-state index contributed by atoms with van der Waals surface area (Å²) in [7, 11) is 0. The van der Waals surface area contributed by atoms with Crippen molar-refractivity contribution < 1.29 is 23.9 Å². The van der Waals surface area contributed by atoms with Crippen LogP contribution in [0.2, 0.25) is 0 Å². The summed E-state index contributed by atoms with van der Waals surface area (Å²) in [6, 6.07) is -0.589. The lowest BCUT2D eigenvalue weighted by molar-refractivity contribution is -0.152. The standard InChI is InChI=1S/C21H31N3O5/c1-3-21(4-2)18(27)24(19(28)23-21)11-17(26)29-12-16(25)22-20-8-13-5-14(9-20)7-15(6-13)10-20/h13-15H,3-12H2,1-2H3,(H,22,25)(H,23,28). The lowest BCUT2D eigenvalue weighted by Gasteiger charge is -2.56. The number of urea groups is 1. The van der Waals surface area contributed by atoms with E-state index >= 15 is 0 Å². The van der Waals surface area contributed by atoms with Gasteiger partial charge in [0.05, 0.1) is 0 Å². The summed E-state index contributed by atoms with van der Waals surface area (Å²) >= 11 is 0. The van der Waals surface area contributed by atoms with Crippen LogP contribution in [-0.2, 0) is 19.1 Å². The summed E-state index contributed by atoms with van der Waals surface area (Å²) in [5.41, 5.74) is -1.09. The first-order valence-electron chi connectivity index (χ1n) is 10.9. The molecule has 0 unspecified atom stereocenters. The lowest BCUT2D eigenvalue weighted by atomic mass is 9.53. The van der Waals surface area contributed by atoms with Crippen molar-refractivity contribution in [3.05, 3.63) is 0 Å². The predicted molar refractivity (Wildman–Crippen MR) is 104 cm³/mol. The van der Waals surface area contributed by atoms with Gasteiger partial charge in [-0.15, -0.1) is 0 Å². The van der Waals surface area contributed by atoms with Crippen molar-refractivity contribution in [3.63, 3.8) is 0 Å². The van der Waals surface area contributed by atoms with Crippen LogP contribution >= 0.6 is 0 Å². The molecule has 1 saturated heterocycles. The SMILES string of the molecule is CCC1(CC)NC(=O)N(CC(=O)OCC(=O)NC23CC4CC(CC(C4)C2)C3)C1=O. The van der Waals surface area contributed by atoms with Gasteiger partial charge >= 0.3 is 12.0 Å². The molecule has 0 atom stereocenters. The zero-order valence-corrected chi connectivity index (χ0v) is 17.3. The van der Waals surface area contributed by atoms with Gasteiger partial charge in [0.25, 0.3) is 11.8 Å². The fraction of sp³-hybridized carbons (Fsp3) is 0.810. The van der Waals surface area contributed by atoms with Gasteiger partial charge < -0.3 is 15.4 Å². The van der Waals surface area contributed by atoms with Crippen molar-refractivity contribution in [3.8, 4) is 0 Å². The number of hydrogen-bond acceptors (Lipinski definition) is 5. The van der Waals surface area contributed by atoms with Gasteiger partial charge in [0, 0.05) is 5.54 Å². The van der Waals surface area contributed by atoms with E-state index in [2.05, 4.69) is 10.6 Å². The maximum Gasteiger partial charge on any atom is 0.326 e. The third-order valence-corrected chi connectivity index (χ3v) is 7.55. The summed E-state index contributed by atoms with van der Waals surface area (Å²) in [5.74, 6) is 0.664. The predicted octanol–water partition coefficient (Wildman–Crippen LogP) is 1.73. The molecule has 0 spiro atoms. The van der Waals surface area contributed by atoms with Crippen LogP contribution in [0.3, 0.4) is 0 Å². The summed E-state index contributed by atoms with van der Waals surface area (Å²) in [4.78, 5) is 50.2. The van der Waals surface area contributed by atoms with Gasteiger partial charge in [0.1, 0.15) is 12.1 Å². The van der Waals surface area contributed by atoms with E-state index in [1.807, 2.05) is 13.8 Å². The fourth-order valence-corrected chi connectivity index (χ4v) is 6.47. The number of carbonyl (C=O) groups excluding carboxylic acids is 4. The molecule has 4 amide bonds. The van der Waals surface area contributed by atoms with Gasteiger partial charge in [-0.25, -0.2) is 4.79 Å². The molecule has 5 rings (SSSR count). The van der Waals surface area contributed by atoms with Crippen LogP contribution in [0.1, 0.15) is 65.2 Å². The van der Waals surface area contributed by atoms with Crippen molar-refractivity contribution in [2.45, 2.75) is 76.3 Å². The Kier molecular flexibility index (Phi) is 5.07. The zero-order chi connectivity index (χ0) is 20.8. The molecule has 4 bridgehead atoms. The number of esters is 1. The molecule has 2 N–H and O–H groups in total. The molecule has 4 saturated carbocycles. The smallest absolute Gasteiger partial charge is 0.326 e. The van der Waals surface area contributed by atoms with Crippen LogP contribution in [0, 0.1) is 17.8 Å². The van der Waals surface area contributed by atoms with Crippen LogP contribution in [0.5, 0.6) is 0 Å². The number of imide groups is 1. The number of amides is 4. The van der Waals surface area contributed by atoms with Crippen LogP contribution in [0.25, 0.3) is 0 Å². The van der Waals surface area contributed by atoms with Crippen LogP contribution in [0.15, 0.2) is 0 Å². The number of nitrogens with one attached hydrogen (secondary N) is 2. The first-order valence-corrected chi connectivity index (χ1v) is 10.9. The molecule has 29 heavy (non-hydrogen) atoms. The Balaban J connectivity index is 1.27. The Hall–Kier alpha value is -2.12. The molecule has 4 aliphatic carbocycles. The highest BCUT2D eigenvalue weighted by Crippen LogP contribution is 2.55. The molecule has 1 heterocycles. The molecular weight excluding hydrogens is 374 g/mol.